The standard InChI is InChI=1S/C13H11N5O2/c14-13(9-5-7-10(8-6-9)18(19)20)17-12-4-2-1-3-11(12)15-16-17/h1-8,13H,14H2. The predicted octanol–water partition coefficient (Wildman–Crippen LogP) is 1.85. The summed E-state index contributed by atoms with van der Waals surface area (Å²) in [6, 6.07) is 13.6. The third-order valence-corrected chi connectivity index (χ3v) is 3.09. The first kappa shape index (κ1) is 12.2. The van der Waals surface area contributed by atoms with Crippen LogP contribution in [-0.4, -0.2) is 19.9 Å². The maximum Gasteiger partial charge on any atom is 0.269 e. The summed E-state index contributed by atoms with van der Waals surface area (Å²) in [4.78, 5) is 10.2. The van der Waals surface area contributed by atoms with E-state index in [0.29, 0.717) is 0 Å². The van der Waals surface area contributed by atoms with Gasteiger partial charge in [-0.05, 0) is 29.8 Å². The van der Waals surface area contributed by atoms with Crippen LogP contribution in [0.3, 0.4) is 0 Å². The number of hydrogen-bond donors (Lipinski definition) is 1. The fourth-order valence-electron chi connectivity index (χ4n) is 2.03. The Morgan fingerprint density at radius 3 is 2.55 bits per heavy atom. The summed E-state index contributed by atoms with van der Waals surface area (Å²) in [5.41, 5.74) is 8.48. The van der Waals surface area contributed by atoms with Crippen molar-refractivity contribution in [1.82, 2.24) is 15.0 Å². The molecule has 1 heterocycles. The van der Waals surface area contributed by atoms with Gasteiger partial charge in [-0.3, -0.25) is 10.1 Å². The number of nitro groups is 1. The van der Waals surface area contributed by atoms with Crippen LogP contribution < -0.4 is 5.73 Å². The number of nitro benzene ring substituents is 1. The average molecular weight is 269 g/mol. The normalized spacial score (nSPS) is 12.4. The van der Waals surface area contributed by atoms with E-state index in [9.17, 15) is 10.1 Å². The molecule has 1 unspecified atom stereocenters. The summed E-state index contributed by atoms with van der Waals surface area (Å²) in [6.45, 7) is 0. The fourth-order valence-corrected chi connectivity index (χ4v) is 2.03. The molecule has 1 aromatic heterocycles. The van der Waals surface area contributed by atoms with E-state index in [1.807, 2.05) is 24.3 Å². The van der Waals surface area contributed by atoms with E-state index in [0.717, 1.165) is 16.6 Å². The second-order valence-corrected chi connectivity index (χ2v) is 4.32. The maximum absolute atomic E-state index is 10.6. The van der Waals surface area contributed by atoms with Crippen LogP contribution in [0, 0.1) is 10.1 Å². The van der Waals surface area contributed by atoms with E-state index in [4.69, 9.17) is 5.73 Å². The van der Waals surface area contributed by atoms with Gasteiger partial charge in [0.15, 0.2) is 0 Å². The van der Waals surface area contributed by atoms with Crippen LogP contribution >= 0.6 is 0 Å². The largest absolute Gasteiger partial charge is 0.306 e. The van der Waals surface area contributed by atoms with Crippen molar-refractivity contribution in [2.24, 2.45) is 5.73 Å². The number of rotatable bonds is 3. The molecule has 2 aromatic carbocycles. The van der Waals surface area contributed by atoms with Gasteiger partial charge in [0.05, 0.1) is 10.4 Å². The Labute approximate surface area is 113 Å². The van der Waals surface area contributed by atoms with Gasteiger partial charge in [-0.15, -0.1) is 5.10 Å². The smallest absolute Gasteiger partial charge is 0.269 e. The van der Waals surface area contributed by atoms with Gasteiger partial charge in [-0.1, -0.05) is 17.3 Å². The molecular formula is C13H11N5O2. The molecule has 0 aliphatic heterocycles. The Morgan fingerprint density at radius 1 is 1.15 bits per heavy atom. The summed E-state index contributed by atoms with van der Waals surface area (Å²) >= 11 is 0. The van der Waals surface area contributed by atoms with Crippen molar-refractivity contribution in [3.8, 4) is 0 Å². The van der Waals surface area contributed by atoms with Crippen molar-refractivity contribution in [3.05, 3.63) is 64.2 Å². The molecule has 0 radical (unpaired) electrons. The molecule has 0 bridgehead atoms. The molecule has 3 aromatic rings. The first-order chi connectivity index (χ1) is 9.66. The lowest BCUT2D eigenvalue weighted by Gasteiger charge is -2.12. The highest BCUT2D eigenvalue weighted by molar-refractivity contribution is 5.74. The second kappa shape index (κ2) is 4.71. The zero-order valence-corrected chi connectivity index (χ0v) is 10.4. The number of nitrogens with zero attached hydrogens (tertiary/aromatic N) is 4. The average Bonchev–Trinajstić information content (AvgIpc) is 2.90. The highest BCUT2D eigenvalue weighted by Gasteiger charge is 2.14. The Balaban J connectivity index is 1.99. The van der Waals surface area contributed by atoms with E-state index in [1.165, 1.54) is 12.1 Å². The van der Waals surface area contributed by atoms with Crippen LogP contribution in [0.25, 0.3) is 11.0 Å². The van der Waals surface area contributed by atoms with Crippen molar-refractivity contribution < 1.29 is 4.92 Å². The minimum absolute atomic E-state index is 0.0319. The summed E-state index contributed by atoms with van der Waals surface area (Å²) in [5.74, 6) is 0. The topological polar surface area (TPSA) is 99.9 Å². The lowest BCUT2D eigenvalue weighted by Crippen LogP contribution is -2.21. The number of nitrogens with two attached hydrogens (primary N) is 1. The molecule has 20 heavy (non-hydrogen) atoms. The lowest BCUT2D eigenvalue weighted by molar-refractivity contribution is -0.384. The molecule has 0 amide bonds. The third kappa shape index (κ3) is 1.99. The fraction of sp³-hybridized carbons (Fsp3) is 0.0769. The molecule has 7 heteroatoms. The summed E-state index contributed by atoms with van der Waals surface area (Å²) in [6.07, 6.45) is -0.539. The Kier molecular flexibility index (Phi) is 2.88. The number of non-ortho nitro benzene ring substituents is 1. The number of aromatic nitrogens is 3. The quantitative estimate of drug-likeness (QED) is 0.577. The van der Waals surface area contributed by atoms with Gasteiger partial charge in [0, 0.05) is 12.1 Å². The van der Waals surface area contributed by atoms with Crippen molar-refractivity contribution in [1.29, 1.82) is 0 Å². The molecule has 2 N–H and O–H groups in total. The van der Waals surface area contributed by atoms with Gasteiger partial charge in [-0.25, -0.2) is 4.68 Å². The highest BCUT2D eigenvalue weighted by Crippen LogP contribution is 2.20. The monoisotopic (exact) mass is 269 g/mol. The molecule has 0 fully saturated rings. The summed E-state index contributed by atoms with van der Waals surface area (Å²) < 4.78 is 1.59. The summed E-state index contributed by atoms with van der Waals surface area (Å²) in [7, 11) is 0. The van der Waals surface area contributed by atoms with Gasteiger partial charge in [0.25, 0.3) is 5.69 Å². The van der Waals surface area contributed by atoms with Crippen LogP contribution in [0.1, 0.15) is 11.7 Å². The third-order valence-electron chi connectivity index (χ3n) is 3.09. The molecule has 1 atom stereocenters. The first-order valence-corrected chi connectivity index (χ1v) is 5.96. The maximum atomic E-state index is 10.6. The van der Waals surface area contributed by atoms with E-state index < -0.39 is 11.1 Å². The number of fused-ring (bicyclic) bond motifs is 1. The van der Waals surface area contributed by atoms with E-state index in [-0.39, 0.29) is 5.69 Å². The highest BCUT2D eigenvalue weighted by atomic mass is 16.6. The zero-order chi connectivity index (χ0) is 14.1. The molecule has 0 saturated heterocycles. The van der Waals surface area contributed by atoms with E-state index in [1.54, 1.807) is 16.8 Å². The van der Waals surface area contributed by atoms with Gasteiger partial charge in [0.2, 0.25) is 0 Å². The van der Waals surface area contributed by atoms with Crippen molar-refractivity contribution in [2.45, 2.75) is 6.17 Å². The van der Waals surface area contributed by atoms with Crippen molar-refractivity contribution in [3.63, 3.8) is 0 Å². The Hall–Kier alpha value is -2.80. The SMILES string of the molecule is NC(c1ccc([N+](=O)[O-])cc1)n1nnc2ccccc21. The van der Waals surface area contributed by atoms with Crippen molar-refractivity contribution in [2.75, 3.05) is 0 Å². The Morgan fingerprint density at radius 2 is 1.85 bits per heavy atom. The lowest BCUT2D eigenvalue weighted by atomic mass is 10.1. The van der Waals surface area contributed by atoms with Gasteiger partial charge in [-0.2, -0.15) is 0 Å². The van der Waals surface area contributed by atoms with Crippen LogP contribution in [0.5, 0.6) is 0 Å². The molecule has 7 nitrogen and oxygen atoms in total. The van der Waals surface area contributed by atoms with Gasteiger partial charge < -0.3 is 5.73 Å². The Bertz CT molecular complexity index is 766. The number of para-hydroxylation sites is 1. The minimum Gasteiger partial charge on any atom is -0.306 e. The molecule has 100 valence electrons. The van der Waals surface area contributed by atoms with Crippen LogP contribution in [0.15, 0.2) is 48.5 Å². The molecular weight excluding hydrogens is 258 g/mol. The zero-order valence-electron chi connectivity index (χ0n) is 10.4. The van der Waals surface area contributed by atoms with Crippen LogP contribution in [0.4, 0.5) is 5.69 Å². The van der Waals surface area contributed by atoms with Crippen molar-refractivity contribution >= 4 is 16.7 Å². The number of benzene rings is 2. The first-order valence-electron chi connectivity index (χ1n) is 5.96. The van der Waals surface area contributed by atoms with Crippen LogP contribution in [-0.2, 0) is 0 Å². The molecule has 0 aliphatic carbocycles. The molecule has 0 spiro atoms. The van der Waals surface area contributed by atoms with Gasteiger partial charge in [0.1, 0.15) is 11.7 Å². The number of hydrogen-bond acceptors (Lipinski definition) is 5. The van der Waals surface area contributed by atoms with Crippen LogP contribution in [0.2, 0.25) is 0 Å². The predicted molar refractivity (Wildman–Crippen MR) is 73.0 cm³/mol. The van der Waals surface area contributed by atoms with E-state index >= 15 is 0 Å². The van der Waals surface area contributed by atoms with Gasteiger partial charge >= 0.3 is 0 Å². The molecule has 3 rings (SSSR count). The minimum atomic E-state index is -0.539. The van der Waals surface area contributed by atoms with E-state index in [2.05, 4.69) is 10.3 Å². The molecule has 0 saturated carbocycles. The second-order valence-electron chi connectivity index (χ2n) is 4.32. The molecule has 0 aliphatic rings. The summed E-state index contributed by atoms with van der Waals surface area (Å²) in [5, 5.41) is 18.7.